The van der Waals surface area contributed by atoms with E-state index in [0.717, 1.165) is 0 Å². The number of rotatable bonds is 3. The lowest BCUT2D eigenvalue weighted by molar-refractivity contribution is -0.111. The van der Waals surface area contributed by atoms with Gasteiger partial charge in [0.25, 0.3) is 5.91 Å². The Morgan fingerprint density at radius 3 is 2.53 bits per heavy atom. The van der Waals surface area contributed by atoms with Gasteiger partial charge < -0.3 is 10.8 Å². The van der Waals surface area contributed by atoms with Crippen molar-refractivity contribution in [2.75, 3.05) is 5.43 Å². The van der Waals surface area contributed by atoms with Crippen molar-refractivity contribution in [1.82, 2.24) is 0 Å². The first kappa shape index (κ1) is 10.5. The number of nitrogens with zero attached hydrogens (tertiary/aromatic N) is 2. The summed E-state index contributed by atoms with van der Waals surface area (Å²) in [5.41, 5.74) is 7.44. The van der Waals surface area contributed by atoms with E-state index in [1.54, 1.807) is 6.07 Å². The van der Waals surface area contributed by atoms with Crippen molar-refractivity contribution in [1.29, 1.82) is 5.26 Å². The maximum atomic E-state index is 10.6. The van der Waals surface area contributed by atoms with Gasteiger partial charge in [-0.2, -0.15) is 10.4 Å². The van der Waals surface area contributed by atoms with Crippen LogP contribution in [-0.4, -0.2) is 16.7 Å². The topological polar surface area (TPSA) is 112 Å². The van der Waals surface area contributed by atoms with Crippen molar-refractivity contribution in [2.24, 2.45) is 10.8 Å². The van der Waals surface area contributed by atoms with E-state index in [9.17, 15) is 4.79 Å². The number of aromatic hydroxyl groups is 1. The number of hydrogen-bond acceptors (Lipinski definition) is 5. The average Bonchev–Trinajstić information content (AvgIpc) is 2.21. The van der Waals surface area contributed by atoms with E-state index < -0.39 is 11.6 Å². The second-order valence-electron chi connectivity index (χ2n) is 2.60. The average molecular weight is 204 g/mol. The van der Waals surface area contributed by atoms with E-state index in [2.05, 4.69) is 10.5 Å². The summed E-state index contributed by atoms with van der Waals surface area (Å²) in [5.74, 6) is -0.788. The fourth-order valence-electron chi connectivity index (χ4n) is 0.792. The molecule has 0 aliphatic heterocycles. The molecule has 6 nitrogen and oxygen atoms in total. The SMILES string of the molecule is N#C/C(=N/Nc1ccc(O)cc1)C(N)=O. The molecule has 0 saturated carbocycles. The minimum atomic E-state index is -0.899. The van der Waals surface area contributed by atoms with Crippen LogP contribution in [0, 0.1) is 11.3 Å². The van der Waals surface area contributed by atoms with Crippen LogP contribution in [0.4, 0.5) is 5.69 Å². The van der Waals surface area contributed by atoms with Gasteiger partial charge in [0.1, 0.15) is 11.8 Å². The summed E-state index contributed by atoms with van der Waals surface area (Å²) in [6.45, 7) is 0. The van der Waals surface area contributed by atoms with E-state index in [-0.39, 0.29) is 5.75 Å². The number of carbonyl (C=O) groups excluding carboxylic acids is 1. The number of anilines is 1. The summed E-state index contributed by atoms with van der Waals surface area (Å²) in [6.07, 6.45) is 0. The number of phenols is 1. The van der Waals surface area contributed by atoms with E-state index >= 15 is 0 Å². The lowest BCUT2D eigenvalue weighted by Gasteiger charge is -1.99. The fourth-order valence-corrected chi connectivity index (χ4v) is 0.792. The number of benzene rings is 1. The van der Waals surface area contributed by atoms with Gasteiger partial charge in [0, 0.05) is 0 Å². The predicted molar refractivity (Wildman–Crippen MR) is 54.0 cm³/mol. The Kier molecular flexibility index (Phi) is 3.24. The summed E-state index contributed by atoms with van der Waals surface area (Å²) < 4.78 is 0. The number of primary amides is 1. The Balaban J connectivity index is 2.76. The molecule has 15 heavy (non-hydrogen) atoms. The Labute approximate surface area is 85.6 Å². The lowest BCUT2D eigenvalue weighted by Crippen LogP contribution is -2.22. The van der Waals surface area contributed by atoms with Crippen LogP contribution in [0.15, 0.2) is 29.4 Å². The third-order valence-corrected chi connectivity index (χ3v) is 1.50. The number of phenolic OH excluding ortho intramolecular Hbond substituents is 1. The number of carbonyl (C=O) groups is 1. The molecule has 0 heterocycles. The van der Waals surface area contributed by atoms with Gasteiger partial charge in [-0.05, 0) is 24.3 Å². The van der Waals surface area contributed by atoms with Crippen LogP contribution in [-0.2, 0) is 4.79 Å². The maximum Gasteiger partial charge on any atom is 0.280 e. The Morgan fingerprint density at radius 1 is 1.47 bits per heavy atom. The summed E-state index contributed by atoms with van der Waals surface area (Å²) in [4.78, 5) is 10.6. The molecule has 0 radical (unpaired) electrons. The number of hydrogen-bond donors (Lipinski definition) is 3. The highest BCUT2D eigenvalue weighted by molar-refractivity contribution is 6.44. The largest absolute Gasteiger partial charge is 0.508 e. The number of hydrazone groups is 1. The molecule has 1 rings (SSSR count). The van der Waals surface area contributed by atoms with Crippen LogP contribution in [0.2, 0.25) is 0 Å². The molecule has 6 heteroatoms. The molecule has 0 bridgehead atoms. The van der Waals surface area contributed by atoms with E-state index in [4.69, 9.17) is 16.1 Å². The van der Waals surface area contributed by atoms with Crippen molar-refractivity contribution in [3.05, 3.63) is 24.3 Å². The zero-order valence-electron chi connectivity index (χ0n) is 7.64. The second-order valence-corrected chi connectivity index (χ2v) is 2.60. The standard InChI is InChI=1S/C9H8N4O2/c10-5-8(9(11)15)13-12-6-1-3-7(14)4-2-6/h1-4,12,14H,(H2,11,15)/b13-8-. The van der Waals surface area contributed by atoms with Crippen LogP contribution in [0.3, 0.4) is 0 Å². The van der Waals surface area contributed by atoms with Crippen LogP contribution >= 0.6 is 0 Å². The highest BCUT2D eigenvalue weighted by Gasteiger charge is 2.04. The zero-order chi connectivity index (χ0) is 11.3. The molecule has 0 aliphatic carbocycles. The molecule has 0 fully saturated rings. The molecule has 1 aromatic rings. The highest BCUT2D eigenvalue weighted by Crippen LogP contribution is 2.13. The quantitative estimate of drug-likeness (QED) is 0.370. The van der Waals surface area contributed by atoms with Gasteiger partial charge in [-0.25, -0.2) is 0 Å². The van der Waals surface area contributed by atoms with E-state index in [0.29, 0.717) is 5.69 Å². The van der Waals surface area contributed by atoms with Gasteiger partial charge in [0.15, 0.2) is 0 Å². The van der Waals surface area contributed by atoms with Crippen molar-refractivity contribution >= 4 is 17.3 Å². The normalized spacial score (nSPS) is 10.5. The lowest BCUT2D eigenvalue weighted by atomic mass is 10.3. The first-order valence-corrected chi connectivity index (χ1v) is 3.96. The molecule has 76 valence electrons. The van der Waals surface area contributed by atoms with Crippen molar-refractivity contribution < 1.29 is 9.90 Å². The number of nitrogens with one attached hydrogen (secondary N) is 1. The third-order valence-electron chi connectivity index (χ3n) is 1.50. The van der Waals surface area contributed by atoms with Crippen molar-refractivity contribution in [2.45, 2.75) is 0 Å². The van der Waals surface area contributed by atoms with Crippen LogP contribution in [0.25, 0.3) is 0 Å². The van der Waals surface area contributed by atoms with Gasteiger partial charge in [0.2, 0.25) is 5.71 Å². The molecule has 1 amide bonds. The minimum Gasteiger partial charge on any atom is -0.508 e. The van der Waals surface area contributed by atoms with E-state index in [1.807, 2.05) is 0 Å². The first-order valence-electron chi connectivity index (χ1n) is 3.96. The fraction of sp³-hybridized carbons (Fsp3) is 0. The van der Waals surface area contributed by atoms with Crippen molar-refractivity contribution in [3.8, 4) is 11.8 Å². The van der Waals surface area contributed by atoms with Gasteiger partial charge in [0.05, 0.1) is 5.69 Å². The molecule has 0 atom stereocenters. The third kappa shape index (κ3) is 3.00. The van der Waals surface area contributed by atoms with Crippen LogP contribution in [0.1, 0.15) is 0 Å². The van der Waals surface area contributed by atoms with E-state index in [1.165, 1.54) is 24.3 Å². The van der Waals surface area contributed by atoms with Crippen molar-refractivity contribution in [3.63, 3.8) is 0 Å². The molecule has 0 saturated heterocycles. The summed E-state index contributed by atoms with van der Waals surface area (Å²) in [7, 11) is 0. The van der Waals surface area contributed by atoms with Crippen LogP contribution in [0.5, 0.6) is 5.75 Å². The highest BCUT2D eigenvalue weighted by atomic mass is 16.3. The Morgan fingerprint density at radius 2 is 2.07 bits per heavy atom. The summed E-state index contributed by atoms with van der Waals surface area (Å²) in [5, 5.41) is 20.9. The molecular formula is C9H8N4O2. The molecule has 1 aromatic carbocycles. The summed E-state index contributed by atoms with van der Waals surface area (Å²) in [6, 6.07) is 7.50. The smallest absolute Gasteiger partial charge is 0.280 e. The molecular weight excluding hydrogens is 196 g/mol. The molecule has 0 unspecified atom stereocenters. The van der Waals surface area contributed by atoms with Crippen LogP contribution < -0.4 is 11.2 Å². The Bertz CT molecular complexity index is 430. The van der Waals surface area contributed by atoms with Gasteiger partial charge >= 0.3 is 0 Å². The number of nitrogens with two attached hydrogens (primary N) is 1. The summed E-state index contributed by atoms with van der Waals surface area (Å²) >= 11 is 0. The second kappa shape index (κ2) is 4.62. The Hall–Kier alpha value is -2.55. The minimum absolute atomic E-state index is 0.111. The predicted octanol–water partition coefficient (Wildman–Crippen LogP) is 0.169. The van der Waals surface area contributed by atoms with Gasteiger partial charge in [-0.3, -0.25) is 10.2 Å². The number of nitriles is 1. The molecule has 0 aromatic heterocycles. The molecule has 0 aliphatic rings. The maximum absolute atomic E-state index is 10.6. The first-order chi connectivity index (χ1) is 7.13. The molecule has 0 spiro atoms. The molecule has 4 N–H and O–H groups in total. The number of amides is 1. The van der Waals surface area contributed by atoms with Gasteiger partial charge in [-0.15, -0.1) is 0 Å². The van der Waals surface area contributed by atoms with Gasteiger partial charge in [-0.1, -0.05) is 0 Å². The monoisotopic (exact) mass is 204 g/mol. The zero-order valence-corrected chi connectivity index (χ0v) is 7.64.